The molecule has 0 unspecified atom stereocenters. The number of carbonyl (C=O) groups is 1. The molecule has 0 aliphatic carbocycles. The summed E-state index contributed by atoms with van der Waals surface area (Å²) in [5.41, 5.74) is 4.88. The number of benzene rings is 2. The fourth-order valence-corrected chi connectivity index (χ4v) is 3.26. The van der Waals surface area contributed by atoms with Gasteiger partial charge in [-0.15, -0.1) is 0 Å². The molecule has 0 atom stereocenters. The molecule has 2 heterocycles. The van der Waals surface area contributed by atoms with E-state index in [4.69, 9.17) is 5.26 Å². The Morgan fingerprint density at radius 1 is 1.27 bits per heavy atom. The quantitative estimate of drug-likeness (QED) is 0.741. The van der Waals surface area contributed by atoms with Gasteiger partial charge in [0.15, 0.2) is 0 Å². The Kier molecular flexibility index (Phi) is 3.63. The van der Waals surface area contributed by atoms with E-state index in [0.29, 0.717) is 28.7 Å². The van der Waals surface area contributed by atoms with Crippen molar-refractivity contribution in [3.05, 3.63) is 76.2 Å². The summed E-state index contributed by atoms with van der Waals surface area (Å²) in [5, 5.41) is 8.93. The number of rotatable bonds is 3. The Hall–Kier alpha value is -3.72. The number of fused-ring (bicyclic) bond motifs is 2. The second-order valence-corrected chi connectivity index (χ2v) is 6.19. The van der Waals surface area contributed by atoms with Crippen LogP contribution in [0.5, 0.6) is 0 Å². The third kappa shape index (κ3) is 2.56. The standard InChI is InChI=1S/C20H14N4O2/c1-12(8-21)10-24-11-16-14(3-2-4-15(16)20(24)26)13-5-6-17-18(7-13)22-9-19(25)23-17/h2-7,9H,1,10-11H2,(H,23,25). The van der Waals surface area contributed by atoms with E-state index in [9.17, 15) is 9.59 Å². The highest BCUT2D eigenvalue weighted by Gasteiger charge is 2.29. The molecule has 1 N–H and O–H groups in total. The fraction of sp³-hybridized carbons (Fsp3) is 0.100. The normalized spacial score (nSPS) is 12.9. The zero-order chi connectivity index (χ0) is 18.3. The first-order chi connectivity index (χ1) is 12.6. The van der Waals surface area contributed by atoms with Gasteiger partial charge in [0.25, 0.3) is 11.5 Å². The molecule has 1 amide bonds. The molecule has 0 saturated carbocycles. The van der Waals surface area contributed by atoms with Gasteiger partial charge in [0.1, 0.15) is 0 Å². The Morgan fingerprint density at radius 2 is 2.08 bits per heavy atom. The summed E-state index contributed by atoms with van der Waals surface area (Å²) in [6, 6.07) is 13.2. The number of aromatic nitrogens is 2. The number of H-pyrrole nitrogens is 1. The monoisotopic (exact) mass is 342 g/mol. The summed E-state index contributed by atoms with van der Waals surface area (Å²) in [6.45, 7) is 4.32. The number of nitriles is 1. The molecule has 4 rings (SSSR count). The lowest BCUT2D eigenvalue weighted by Gasteiger charge is -2.14. The number of hydrogen-bond donors (Lipinski definition) is 1. The van der Waals surface area contributed by atoms with Crippen molar-refractivity contribution in [2.45, 2.75) is 6.54 Å². The average Bonchev–Trinajstić information content (AvgIpc) is 2.97. The molecule has 0 radical (unpaired) electrons. The van der Waals surface area contributed by atoms with Crippen molar-refractivity contribution in [3.63, 3.8) is 0 Å². The summed E-state index contributed by atoms with van der Waals surface area (Å²) in [5.74, 6) is -0.0958. The highest BCUT2D eigenvalue weighted by Crippen LogP contribution is 2.33. The molecule has 126 valence electrons. The summed E-state index contributed by atoms with van der Waals surface area (Å²) < 4.78 is 0. The first-order valence-electron chi connectivity index (χ1n) is 8.05. The van der Waals surface area contributed by atoms with Crippen molar-refractivity contribution in [2.24, 2.45) is 0 Å². The van der Waals surface area contributed by atoms with E-state index in [-0.39, 0.29) is 18.0 Å². The zero-order valence-corrected chi connectivity index (χ0v) is 13.8. The van der Waals surface area contributed by atoms with Gasteiger partial charge >= 0.3 is 0 Å². The van der Waals surface area contributed by atoms with Crippen molar-refractivity contribution in [1.29, 1.82) is 5.26 Å². The van der Waals surface area contributed by atoms with Gasteiger partial charge in [0, 0.05) is 17.7 Å². The summed E-state index contributed by atoms with van der Waals surface area (Å²) in [4.78, 5) is 32.5. The predicted molar refractivity (Wildman–Crippen MR) is 97.3 cm³/mol. The molecule has 0 saturated heterocycles. The van der Waals surface area contributed by atoms with Crippen LogP contribution < -0.4 is 5.56 Å². The van der Waals surface area contributed by atoms with E-state index in [0.717, 1.165) is 16.7 Å². The third-order valence-electron chi connectivity index (χ3n) is 4.47. The van der Waals surface area contributed by atoms with Gasteiger partial charge in [-0.25, -0.2) is 4.98 Å². The average molecular weight is 342 g/mol. The van der Waals surface area contributed by atoms with Crippen LogP contribution >= 0.6 is 0 Å². The van der Waals surface area contributed by atoms with Crippen LogP contribution in [0.2, 0.25) is 0 Å². The molecule has 1 aromatic heterocycles. The number of nitrogens with one attached hydrogen (secondary N) is 1. The fourth-order valence-electron chi connectivity index (χ4n) is 3.26. The first-order valence-corrected chi connectivity index (χ1v) is 8.05. The van der Waals surface area contributed by atoms with E-state index in [1.165, 1.54) is 6.20 Å². The Labute approximate surface area is 149 Å². The van der Waals surface area contributed by atoms with E-state index in [1.54, 1.807) is 11.0 Å². The van der Waals surface area contributed by atoms with Gasteiger partial charge in [0.2, 0.25) is 0 Å². The van der Waals surface area contributed by atoms with E-state index < -0.39 is 0 Å². The topological polar surface area (TPSA) is 89.8 Å². The maximum Gasteiger partial charge on any atom is 0.266 e. The molecule has 6 heteroatoms. The van der Waals surface area contributed by atoms with Gasteiger partial charge < -0.3 is 9.88 Å². The minimum atomic E-state index is -0.246. The van der Waals surface area contributed by atoms with E-state index >= 15 is 0 Å². The van der Waals surface area contributed by atoms with Crippen molar-refractivity contribution >= 4 is 16.9 Å². The Balaban J connectivity index is 1.78. The molecular weight excluding hydrogens is 328 g/mol. The van der Waals surface area contributed by atoms with Crippen LogP contribution in [0.25, 0.3) is 22.2 Å². The van der Waals surface area contributed by atoms with E-state index in [2.05, 4.69) is 16.5 Å². The number of hydrogen-bond acceptors (Lipinski definition) is 4. The van der Waals surface area contributed by atoms with Crippen LogP contribution in [-0.2, 0) is 6.54 Å². The molecular formula is C20H14N4O2. The van der Waals surface area contributed by atoms with Crippen LogP contribution in [0, 0.1) is 11.3 Å². The van der Waals surface area contributed by atoms with Crippen LogP contribution in [-0.4, -0.2) is 27.3 Å². The lowest BCUT2D eigenvalue weighted by Crippen LogP contribution is -2.25. The maximum atomic E-state index is 12.6. The molecule has 1 aliphatic rings. The van der Waals surface area contributed by atoms with Crippen LogP contribution in [0.1, 0.15) is 15.9 Å². The van der Waals surface area contributed by atoms with Gasteiger partial charge in [-0.05, 0) is 34.9 Å². The largest absolute Gasteiger partial charge is 0.329 e. The summed E-state index contributed by atoms with van der Waals surface area (Å²) in [7, 11) is 0. The second-order valence-electron chi connectivity index (χ2n) is 6.19. The number of amides is 1. The second kappa shape index (κ2) is 5.97. The first kappa shape index (κ1) is 15.8. The summed E-state index contributed by atoms with van der Waals surface area (Å²) in [6.07, 6.45) is 1.25. The van der Waals surface area contributed by atoms with E-state index in [1.807, 2.05) is 36.4 Å². The van der Waals surface area contributed by atoms with Gasteiger partial charge in [-0.2, -0.15) is 5.26 Å². The molecule has 3 aromatic rings. The van der Waals surface area contributed by atoms with Crippen molar-refractivity contribution in [1.82, 2.24) is 14.9 Å². The minimum Gasteiger partial charge on any atom is -0.329 e. The van der Waals surface area contributed by atoms with Crippen LogP contribution in [0.3, 0.4) is 0 Å². The third-order valence-corrected chi connectivity index (χ3v) is 4.47. The Bertz CT molecular complexity index is 1170. The van der Waals surface area contributed by atoms with Crippen molar-refractivity contribution in [2.75, 3.05) is 6.54 Å². The molecule has 2 aromatic carbocycles. The number of nitrogens with zero attached hydrogens (tertiary/aromatic N) is 3. The lowest BCUT2D eigenvalue weighted by molar-refractivity contribution is 0.0794. The van der Waals surface area contributed by atoms with Crippen molar-refractivity contribution in [3.8, 4) is 17.2 Å². The molecule has 0 bridgehead atoms. The molecule has 6 nitrogen and oxygen atoms in total. The number of aromatic amines is 1. The van der Waals surface area contributed by atoms with Crippen molar-refractivity contribution < 1.29 is 4.79 Å². The number of carbonyl (C=O) groups excluding carboxylic acids is 1. The molecule has 0 fully saturated rings. The van der Waals surface area contributed by atoms with Gasteiger partial charge in [-0.1, -0.05) is 24.8 Å². The molecule has 1 aliphatic heterocycles. The van der Waals surface area contributed by atoms with Crippen LogP contribution in [0.15, 0.2) is 59.5 Å². The van der Waals surface area contributed by atoms with Crippen LogP contribution in [0.4, 0.5) is 0 Å². The minimum absolute atomic E-state index is 0.0958. The lowest BCUT2D eigenvalue weighted by atomic mass is 9.96. The SMILES string of the molecule is C=C(C#N)CN1Cc2c(cccc2-c2ccc3[nH]c(=O)cnc3c2)C1=O. The highest BCUT2D eigenvalue weighted by molar-refractivity contribution is 6.01. The summed E-state index contributed by atoms with van der Waals surface area (Å²) >= 11 is 0. The Morgan fingerprint density at radius 3 is 2.88 bits per heavy atom. The van der Waals surface area contributed by atoms with Gasteiger partial charge in [0.05, 0.1) is 29.8 Å². The van der Waals surface area contributed by atoms with Gasteiger partial charge in [-0.3, -0.25) is 9.59 Å². The smallest absolute Gasteiger partial charge is 0.266 e. The molecule has 26 heavy (non-hydrogen) atoms. The highest BCUT2D eigenvalue weighted by atomic mass is 16.2. The molecule has 0 spiro atoms. The zero-order valence-electron chi connectivity index (χ0n) is 13.8. The predicted octanol–water partition coefficient (Wildman–Crippen LogP) is 2.63. The maximum absolute atomic E-state index is 12.6.